The number of alkyl halides is 1. The van der Waals surface area contributed by atoms with Crippen LogP contribution in [0.3, 0.4) is 0 Å². The fourth-order valence-corrected chi connectivity index (χ4v) is 4.14. The summed E-state index contributed by atoms with van der Waals surface area (Å²) in [6.07, 6.45) is 3.42. The Labute approximate surface area is 121 Å². The van der Waals surface area contributed by atoms with Crippen LogP contribution in [-0.2, 0) is 10.0 Å². The van der Waals surface area contributed by atoms with Gasteiger partial charge in [0.05, 0.1) is 11.2 Å². The van der Waals surface area contributed by atoms with Crippen molar-refractivity contribution in [1.82, 2.24) is 9.71 Å². The number of hydrogen-bond donors (Lipinski definition) is 1. The van der Waals surface area contributed by atoms with Gasteiger partial charge < -0.3 is 0 Å². The molecule has 0 saturated heterocycles. The van der Waals surface area contributed by atoms with E-state index in [1.54, 1.807) is 6.92 Å². The molecule has 18 heavy (non-hydrogen) atoms. The Balaban J connectivity index is 2.62. The number of sulfonamides is 1. The van der Waals surface area contributed by atoms with Crippen LogP contribution < -0.4 is 4.72 Å². The van der Waals surface area contributed by atoms with E-state index in [-0.39, 0.29) is 9.62 Å². The van der Waals surface area contributed by atoms with Crippen molar-refractivity contribution in [3.05, 3.63) is 11.2 Å². The molecular formula is C11H19BrN2O2S2. The Morgan fingerprint density at radius 3 is 2.67 bits per heavy atom. The number of nitrogens with zero attached hydrogens (tertiary/aromatic N) is 1. The van der Waals surface area contributed by atoms with Crippen molar-refractivity contribution in [3.8, 4) is 0 Å². The molecule has 4 nitrogen and oxygen atoms in total. The van der Waals surface area contributed by atoms with Gasteiger partial charge in [-0.3, -0.25) is 0 Å². The van der Waals surface area contributed by atoms with E-state index in [2.05, 4.69) is 39.5 Å². The lowest BCUT2D eigenvalue weighted by molar-refractivity contribution is 0.332. The van der Waals surface area contributed by atoms with Crippen LogP contribution in [0.2, 0.25) is 0 Å². The number of hydrogen-bond acceptors (Lipinski definition) is 4. The van der Waals surface area contributed by atoms with E-state index in [0.717, 1.165) is 23.2 Å². The van der Waals surface area contributed by atoms with E-state index in [9.17, 15) is 8.42 Å². The predicted octanol–water partition coefficient (Wildman–Crippen LogP) is 2.93. The van der Waals surface area contributed by atoms with Crippen LogP contribution in [0, 0.1) is 12.3 Å². The predicted molar refractivity (Wildman–Crippen MR) is 78.8 cm³/mol. The molecule has 1 N–H and O–H groups in total. The molecule has 0 radical (unpaired) electrons. The summed E-state index contributed by atoms with van der Waals surface area (Å²) in [5.74, 6) is 0. The smallest absolute Gasteiger partial charge is 0.249 e. The number of aromatic nitrogens is 1. The number of rotatable bonds is 7. The zero-order valence-electron chi connectivity index (χ0n) is 10.9. The second-order valence-electron chi connectivity index (χ2n) is 4.98. The van der Waals surface area contributed by atoms with E-state index in [1.807, 2.05) is 0 Å². The van der Waals surface area contributed by atoms with Gasteiger partial charge in [-0.25, -0.2) is 18.1 Å². The molecule has 7 heteroatoms. The lowest BCUT2D eigenvalue weighted by Crippen LogP contribution is -2.33. The zero-order chi connectivity index (χ0) is 13.8. The summed E-state index contributed by atoms with van der Waals surface area (Å²) in [5.41, 5.74) is -0.0411. The van der Waals surface area contributed by atoms with Crippen LogP contribution >= 0.6 is 27.3 Å². The Morgan fingerprint density at radius 2 is 2.17 bits per heavy atom. The van der Waals surface area contributed by atoms with Crippen molar-refractivity contribution in [2.45, 2.75) is 37.8 Å². The first-order chi connectivity index (χ1) is 8.27. The molecule has 0 aliphatic rings. The largest absolute Gasteiger partial charge is 0.251 e. The van der Waals surface area contributed by atoms with Gasteiger partial charge in [0.1, 0.15) is 0 Å². The summed E-state index contributed by atoms with van der Waals surface area (Å²) < 4.78 is 27.0. The molecule has 0 unspecified atom stereocenters. The summed E-state index contributed by atoms with van der Waals surface area (Å²) in [6.45, 7) is 6.37. The van der Waals surface area contributed by atoms with Gasteiger partial charge in [-0.05, 0) is 25.2 Å². The maximum Gasteiger partial charge on any atom is 0.251 e. The highest BCUT2D eigenvalue weighted by Gasteiger charge is 2.23. The van der Waals surface area contributed by atoms with Crippen LogP contribution in [0.5, 0.6) is 0 Å². The van der Waals surface area contributed by atoms with Crippen LogP contribution in [0.4, 0.5) is 0 Å². The molecule has 1 aromatic rings. The molecule has 0 fully saturated rings. The van der Waals surface area contributed by atoms with Crippen LogP contribution in [0.1, 0.15) is 31.7 Å². The molecule has 0 aliphatic carbocycles. The molecule has 0 spiro atoms. The van der Waals surface area contributed by atoms with Gasteiger partial charge in [-0.15, -0.1) is 11.3 Å². The molecular weight excluding hydrogens is 336 g/mol. The molecule has 1 heterocycles. The third-order valence-electron chi connectivity index (χ3n) is 2.59. The molecule has 0 bridgehead atoms. The number of halogens is 1. The maximum atomic E-state index is 12.0. The summed E-state index contributed by atoms with van der Waals surface area (Å²) in [6, 6.07) is 0. The summed E-state index contributed by atoms with van der Waals surface area (Å²) in [7, 11) is -3.40. The van der Waals surface area contributed by atoms with Gasteiger partial charge in [-0.1, -0.05) is 29.8 Å². The van der Waals surface area contributed by atoms with Crippen molar-refractivity contribution >= 4 is 37.3 Å². The van der Waals surface area contributed by atoms with Crippen molar-refractivity contribution in [2.24, 2.45) is 5.41 Å². The lowest BCUT2D eigenvalue weighted by atomic mass is 9.88. The van der Waals surface area contributed by atoms with E-state index in [0.29, 0.717) is 6.54 Å². The van der Waals surface area contributed by atoms with Gasteiger partial charge in [0, 0.05) is 11.9 Å². The van der Waals surface area contributed by atoms with Crippen molar-refractivity contribution < 1.29 is 8.42 Å². The first kappa shape index (κ1) is 16.1. The van der Waals surface area contributed by atoms with Gasteiger partial charge in [0.2, 0.25) is 0 Å². The lowest BCUT2D eigenvalue weighted by Gasteiger charge is -2.24. The molecule has 0 amide bonds. The highest BCUT2D eigenvalue weighted by Crippen LogP contribution is 2.23. The minimum absolute atomic E-state index is 0.0411. The molecule has 0 saturated carbocycles. The third kappa shape index (κ3) is 4.95. The second kappa shape index (κ2) is 6.45. The highest BCUT2D eigenvalue weighted by molar-refractivity contribution is 9.09. The van der Waals surface area contributed by atoms with Crippen molar-refractivity contribution in [2.75, 3.05) is 11.9 Å². The Hall–Kier alpha value is 0.0200. The number of thiazole rings is 1. The first-order valence-electron chi connectivity index (χ1n) is 5.75. The normalized spacial score (nSPS) is 12.9. The van der Waals surface area contributed by atoms with Gasteiger partial charge in [-0.2, -0.15) is 0 Å². The minimum Gasteiger partial charge on any atom is -0.249 e. The number of nitrogens with one attached hydrogen (secondary N) is 1. The molecule has 0 aliphatic heterocycles. The molecule has 1 rings (SSSR count). The van der Waals surface area contributed by atoms with Gasteiger partial charge in [0.15, 0.2) is 4.21 Å². The first-order valence-corrected chi connectivity index (χ1v) is 9.17. The fourth-order valence-electron chi connectivity index (χ4n) is 1.46. The number of aryl methyl sites for hydroxylation is 1. The Morgan fingerprint density at radius 1 is 1.50 bits per heavy atom. The van der Waals surface area contributed by atoms with Gasteiger partial charge in [0.25, 0.3) is 10.0 Å². The highest BCUT2D eigenvalue weighted by atomic mass is 79.9. The van der Waals surface area contributed by atoms with Crippen molar-refractivity contribution in [1.29, 1.82) is 0 Å². The molecule has 0 atom stereocenters. The SMILES string of the molecule is Cc1ncc(S(=O)(=O)NCC(C)(C)CCCBr)s1. The Kier molecular flexibility index (Phi) is 5.76. The van der Waals surface area contributed by atoms with Crippen LogP contribution in [-0.4, -0.2) is 25.3 Å². The third-order valence-corrected chi connectivity index (χ3v) is 5.93. The summed E-state index contributed by atoms with van der Waals surface area (Å²) >= 11 is 4.58. The Bertz CT molecular complexity index is 483. The van der Waals surface area contributed by atoms with E-state index < -0.39 is 10.0 Å². The van der Waals surface area contributed by atoms with Crippen LogP contribution in [0.25, 0.3) is 0 Å². The topological polar surface area (TPSA) is 59.1 Å². The average molecular weight is 355 g/mol. The monoisotopic (exact) mass is 354 g/mol. The van der Waals surface area contributed by atoms with E-state index >= 15 is 0 Å². The standard InChI is InChI=1S/C11H19BrN2O2S2/c1-9-13-7-10(17-9)18(15,16)14-8-11(2,3)5-4-6-12/h7,14H,4-6,8H2,1-3H3. The summed E-state index contributed by atoms with van der Waals surface area (Å²) in [4.78, 5) is 3.97. The molecule has 104 valence electrons. The minimum atomic E-state index is -3.40. The van der Waals surface area contributed by atoms with E-state index in [4.69, 9.17) is 0 Å². The second-order valence-corrected chi connectivity index (χ2v) is 9.00. The van der Waals surface area contributed by atoms with E-state index in [1.165, 1.54) is 17.5 Å². The average Bonchev–Trinajstić information content (AvgIpc) is 2.72. The zero-order valence-corrected chi connectivity index (χ0v) is 14.1. The van der Waals surface area contributed by atoms with Crippen molar-refractivity contribution in [3.63, 3.8) is 0 Å². The maximum absolute atomic E-state index is 12.0. The fraction of sp³-hybridized carbons (Fsp3) is 0.727. The summed E-state index contributed by atoms with van der Waals surface area (Å²) in [5, 5.41) is 1.70. The quantitative estimate of drug-likeness (QED) is 0.765. The molecule has 1 aromatic heterocycles. The van der Waals surface area contributed by atoms with Crippen LogP contribution in [0.15, 0.2) is 10.4 Å². The molecule has 0 aromatic carbocycles. The van der Waals surface area contributed by atoms with Gasteiger partial charge >= 0.3 is 0 Å².